The van der Waals surface area contributed by atoms with Crippen LogP contribution in [0.25, 0.3) is 11.2 Å². The summed E-state index contributed by atoms with van der Waals surface area (Å²) in [6.45, 7) is 5.88. The Bertz CT molecular complexity index is 885. The second kappa shape index (κ2) is 5.71. The van der Waals surface area contributed by atoms with Gasteiger partial charge in [0.1, 0.15) is 17.2 Å². The Morgan fingerprint density at radius 1 is 1.26 bits per heavy atom. The van der Waals surface area contributed by atoms with Crippen LogP contribution in [0.5, 0.6) is 0 Å². The van der Waals surface area contributed by atoms with Crippen molar-refractivity contribution in [3.8, 4) is 0 Å². The first-order valence-corrected chi connectivity index (χ1v) is 7.26. The topological polar surface area (TPSA) is 98.5 Å². The molecule has 0 aliphatic heterocycles. The molecule has 23 heavy (non-hydrogen) atoms. The molecule has 0 unspecified atom stereocenters. The fourth-order valence-corrected chi connectivity index (χ4v) is 2.15. The normalized spacial score (nSPS) is 11.2. The van der Waals surface area contributed by atoms with Gasteiger partial charge in [0.05, 0.1) is 5.56 Å². The molecule has 0 radical (unpaired) electrons. The highest BCUT2D eigenvalue weighted by molar-refractivity contribution is 6.04. The quantitative estimate of drug-likeness (QED) is 0.792. The molecule has 0 saturated carbocycles. The van der Waals surface area contributed by atoms with E-state index < -0.39 is 0 Å². The second-order valence-corrected chi connectivity index (χ2v) is 5.64. The molecule has 0 spiro atoms. The summed E-state index contributed by atoms with van der Waals surface area (Å²) < 4.78 is 1.56. The first-order chi connectivity index (χ1) is 10.9. The van der Waals surface area contributed by atoms with Gasteiger partial charge in [-0.15, -0.1) is 5.10 Å². The average molecular weight is 311 g/mol. The molecule has 3 aromatic heterocycles. The van der Waals surface area contributed by atoms with E-state index in [1.807, 2.05) is 20.8 Å². The van der Waals surface area contributed by atoms with Crippen LogP contribution in [0.4, 0.5) is 5.82 Å². The minimum Gasteiger partial charge on any atom is -0.306 e. The van der Waals surface area contributed by atoms with Gasteiger partial charge in [-0.25, -0.2) is 19.6 Å². The van der Waals surface area contributed by atoms with Gasteiger partial charge in [-0.05, 0) is 13.0 Å². The maximum absolute atomic E-state index is 12.4. The van der Waals surface area contributed by atoms with E-state index in [1.165, 1.54) is 6.20 Å². The van der Waals surface area contributed by atoms with Crippen molar-refractivity contribution in [3.05, 3.63) is 35.4 Å². The molecule has 3 heterocycles. The number of amides is 1. The zero-order valence-corrected chi connectivity index (χ0v) is 13.4. The molecule has 0 aliphatic rings. The number of carbonyl (C=O) groups is 1. The van der Waals surface area contributed by atoms with Crippen LogP contribution in [-0.2, 0) is 7.05 Å². The predicted molar refractivity (Wildman–Crippen MR) is 85.1 cm³/mol. The van der Waals surface area contributed by atoms with Crippen LogP contribution in [0.3, 0.4) is 0 Å². The van der Waals surface area contributed by atoms with E-state index in [2.05, 4.69) is 30.6 Å². The van der Waals surface area contributed by atoms with Gasteiger partial charge in [-0.2, -0.15) is 0 Å². The number of aromatic nitrogens is 6. The molecule has 8 heteroatoms. The molecule has 118 valence electrons. The van der Waals surface area contributed by atoms with E-state index >= 15 is 0 Å². The van der Waals surface area contributed by atoms with Gasteiger partial charge in [-0.3, -0.25) is 4.79 Å². The molecule has 3 rings (SSSR count). The van der Waals surface area contributed by atoms with Gasteiger partial charge in [0.15, 0.2) is 5.65 Å². The van der Waals surface area contributed by atoms with E-state index in [0.717, 1.165) is 5.69 Å². The van der Waals surface area contributed by atoms with Crippen LogP contribution in [0, 0.1) is 6.92 Å². The third-order valence-electron chi connectivity index (χ3n) is 3.33. The molecule has 0 fully saturated rings. The average Bonchev–Trinajstić information content (AvgIpc) is 2.87. The van der Waals surface area contributed by atoms with Gasteiger partial charge < -0.3 is 5.32 Å². The summed E-state index contributed by atoms with van der Waals surface area (Å²) in [4.78, 5) is 25.3. The van der Waals surface area contributed by atoms with Crippen molar-refractivity contribution >= 4 is 22.9 Å². The highest BCUT2D eigenvalue weighted by Crippen LogP contribution is 2.15. The number of pyridine rings is 1. The largest absolute Gasteiger partial charge is 0.306 e. The fraction of sp³-hybridized carbons (Fsp3) is 0.333. The summed E-state index contributed by atoms with van der Waals surface area (Å²) >= 11 is 0. The van der Waals surface area contributed by atoms with E-state index in [4.69, 9.17) is 0 Å². The van der Waals surface area contributed by atoms with Crippen molar-refractivity contribution in [2.45, 2.75) is 26.7 Å². The molecule has 0 saturated heterocycles. The van der Waals surface area contributed by atoms with Gasteiger partial charge in [0.2, 0.25) is 0 Å². The fourth-order valence-electron chi connectivity index (χ4n) is 2.15. The molecule has 0 aliphatic carbocycles. The van der Waals surface area contributed by atoms with E-state index in [0.29, 0.717) is 28.4 Å². The van der Waals surface area contributed by atoms with Gasteiger partial charge >= 0.3 is 0 Å². The third kappa shape index (κ3) is 3.01. The zero-order chi connectivity index (χ0) is 16.6. The molecule has 3 aromatic rings. The number of nitrogens with one attached hydrogen (secondary N) is 1. The Morgan fingerprint density at radius 2 is 2.04 bits per heavy atom. The summed E-state index contributed by atoms with van der Waals surface area (Å²) in [5, 5.41) is 10.6. The Hall–Kier alpha value is -2.90. The summed E-state index contributed by atoms with van der Waals surface area (Å²) in [7, 11) is 1.75. The molecule has 0 atom stereocenters. The molecule has 8 nitrogen and oxygen atoms in total. The zero-order valence-electron chi connectivity index (χ0n) is 13.4. The van der Waals surface area contributed by atoms with Gasteiger partial charge in [-0.1, -0.05) is 19.1 Å². The lowest BCUT2D eigenvalue weighted by Crippen LogP contribution is -2.15. The number of nitrogens with zero attached hydrogens (tertiary/aromatic N) is 6. The van der Waals surface area contributed by atoms with Crippen molar-refractivity contribution in [3.63, 3.8) is 0 Å². The number of fused-ring (bicyclic) bond motifs is 1. The van der Waals surface area contributed by atoms with Crippen LogP contribution in [0.15, 0.2) is 18.3 Å². The number of hydrogen-bond acceptors (Lipinski definition) is 6. The highest BCUT2D eigenvalue weighted by atomic mass is 16.1. The van der Waals surface area contributed by atoms with Crippen LogP contribution in [0.1, 0.15) is 41.6 Å². The monoisotopic (exact) mass is 311 g/mol. The van der Waals surface area contributed by atoms with Crippen LogP contribution in [0.2, 0.25) is 0 Å². The van der Waals surface area contributed by atoms with Crippen LogP contribution >= 0.6 is 0 Å². The third-order valence-corrected chi connectivity index (χ3v) is 3.33. The summed E-state index contributed by atoms with van der Waals surface area (Å²) in [5.74, 6) is 1.06. The summed E-state index contributed by atoms with van der Waals surface area (Å²) in [6.07, 6.45) is 1.50. The molecule has 1 amide bonds. The molecular formula is C15H17N7O. The Labute approximate surface area is 133 Å². The molecular weight excluding hydrogens is 294 g/mol. The van der Waals surface area contributed by atoms with E-state index in [1.54, 1.807) is 23.9 Å². The summed E-state index contributed by atoms with van der Waals surface area (Å²) in [5.41, 5.74) is 2.41. The number of carbonyl (C=O) groups excluding carboxylic acids is 1. The van der Waals surface area contributed by atoms with Gasteiger partial charge in [0, 0.05) is 30.9 Å². The highest BCUT2D eigenvalue weighted by Gasteiger charge is 2.13. The SMILES string of the molecule is Cc1cc(NC(=O)c2cnc3c(c2)nnn3C)nc(C(C)C)n1. The van der Waals surface area contributed by atoms with E-state index in [9.17, 15) is 4.79 Å². The molecule has 1 N–H and O–H groups in total. The van der Waals surface area contributed by atoms with Crippen molar-refractivity contribution in [1.82, 2.24) is 29.9 Å². The van der Waals surface area contributed by atoms with Gasteiger partial charge in [0.25, 0.3) is 5.91 Å². The summed E-state index contributed by atoms with van der Waals surface area (Å²) in [6, 6.07) is 3.39. The first-order valence-electron chi connectivity index (χ1n) is 7.26. The smallest absolute Gasteiger partial charge is 0.258 e. The van der Waals surface area contributed by atoms with Crippen molar-refractivity contribution in [2.24, 2.45) is 7.05 Å². The number of rotatable bonds is 3. The minimum atomic E-state index is -0.294. The van der Waals surface area contributed by atoms with Crippen molar-refractivity contribution in [1.29, 1.82) is 0 Å². The molecule has 0 bridgehead atoms. The predicted octanol–water partition coefficient (Wildman–Crippen LogP) is 1.84. The van der Waals surface area contributed by atoms with Crippen LogP contribution < -0.4 is 5.32 Å². The van der Waals surface area contributed by atoms with Crippen LogP contribution in [-0.4, -0.2) is 35.9 Å². The van der Waals surface area contributed by atoms with Crippen molar-refractivity contribution in [2.75, 3.05) is 5.32 Å². The number of hydrogen-bond donors (Lipinski definition) is 1. The van der Waals surface area contributed by atoms with Crippen molar-refractivity contribution < 1.29 is 4.79 Å². The molecule has 0 aromatic carbocycles. The minimum absolute atomic E-state index is 0.183. The Balaban J connectivity index is 1.88. The Morgan fingerprint density at radius 3 is 2.78 bits per heavy atom. The lowest BCUT2D eigenvalue weighted by molar-refractivity contribution is 0.102. The Kier molecular flexibility index (Phi) is 3.73. The maximum Gasteiger partial charge on any atom is 0.258 e. The number of anilines is 1. The first kappa shape index (κ1) is 15.0. The number of aryl methyl sites for hydroxylation is 2. The van der Waals surface area contributed by atoms with E-state index in [-0.39, 0.29) is 11.8 Å². The second-order valence-electron chi connectivity index (χ2n) is 5.64. The lowest BCUT2D eigenvalue weighted by atomic mass is 10.2. The lowest BCUT2D eigenvalue weighted by Gasteiger charge is -2.09. The maximum atomic E-state index is 12.4. The standard InChI is InChI=1S/C15H17N7O/c1-8(2)13-17-9(3)5-12(18-13)19-15(23)10-6-11-14(16-7-10)22(4)21-20-11/h5-8H,1-4H3,(H,17,18,19,23).